The maximum atomic E-state index is 12.1. The van der Waals surface area contributed by atoms with Gasteiger partial charge in [-0.05, 0) is 17.7 Å². The average molecular weight is 338 g/mol. The number of hydrogen-bond acceptors (Lipinski definition) is 2. The first-order chi connectivity index (χ1) is 10.4. The second kappa shape index (κ2) is 6.81. The first-order valence-corrected chi connectivity index (χ1v) is 7.20. The number of carbonyl (C=O) groups excluding carboxylic acids is 1. The Balaban J connectivity index is 2.27. The van der Waals surface area contributed by atoms with E-state index in [1.807, 2.05) is 0 Å². The van der Waals surface area contributed by atoms with Crippen LogP contribution < -0.4 is 5.32 Å². The fourth-order valence-corrected chi connectivity index (χ4v) is 2.49. The number of carboxylic acid groups (broad SMARTS) is 1. The van der Waals surface area contributed by atoms with Gasteiger partial charge in [-0.25, -0.2) is 4.79 Å². The Kier molecular flexibility index (Phi) is 5.06. The number of hydrogen-bond donors (Lipinski definition) is 2. The third-order valence-corrected chi connectivity index (χ3v) is 3.95. The van der Waals surface area contributed by atoms with E-state index in [-0.39, 0.29) is 0 Å². The van der Waals surface area contributed by atoms with Crippen molar-refractivity contribution in [2.75, 3.05) is 0 Å². The SMILES string of the molecule is O=C(NC(C(=O)O)C(Cl)(Cl)c1ccccc1)c1ccccc1. The Labute approximate surface area is 137 Å². The van der Waals surface area contributed by atoms with Gasteiger partial charge in [0.25, 0.3) is 5.91 Å². The Morgan fingerprint density at radius 1 is 0.955 bits per heavy atom. The van der Waals surface area contributed by atoms with Crippen LogP contribution in [0.1, 0.15) is 15.9 Å². The molecule has 6 heteroatoms. The van der Waals surface area contributed by atoms with Crippen molar-refractivity contribution < 1.29 is 14.7 Å². The minimum Gasteiger partial charge on any atom is -0.480 e. The Hall–Kier alpha value is -2.04. The summed E-state index contributed by atoms with van der Waals surface area (Å²) < 4.78 is -1.79. The van der Waals surface area contributed by atoms with Gasteiger partial charge < -0.3 is 10.4 Å². The summed E-state index contributed by atoms with van der Waals surface area (Å²) in [5.74, 6) is -1.88. The molecule has 2 aromatic carbocycles. The zero-order valence-corrected chi connectivity index (χ0v) is 12.9. The molecule has 0 fully saturated rings. The van der Waals surface area contributed by atoms with E-state index in [2.05, 4.69) is 5.32 Å². The Morgan fingerprint density at radius 2 is 1.45 bits per heavy atom. The number of alkyl halides is 2. The van der Waals surface area contributed by atoms with Crippen LogP contribution in [-0.4, -0.2) is 23.0 Å². The second-order valence-corrected chi connectivity index (χ2v) is 5.99. The number of carbonyl (C=O) groups is 2. The van der Waals surface area contributed by atoms with E-state index < -0.39 is 22.3 Å². The number of nitrogens with one attached hydrogen (secondary N) is 1. The molecule has 22 heavy (non-hydrogen) atoms. The molecule has 114 valence electrons. The van der Waals surface area contributed by atoms with E-state index in [4.69, 9.17) is 23.2 Å². The number of aliphatic carboxylic acids is 1. The molecule has 0 aromatic heterocycles. The highest BCUT2D eigenvalue weighted by molar-refractivity contribution is 6.49. The van der Waals surface area contributed by atoms with Crippen molar-refractivity contribution in [1.82, 2.24) is 5.32 Å². The number of rotatable bonds is 5. The summed E-state index contributed by atoms with van der Waals surface area (Å²) >= 11 is 12.4. The third kappa shape index (κ3) is 3.59. The zero-order valence-electron chi connectivity index (χ0n) is 11.4. The molecule has 0 spiro atoms. The van der Waals surface area contributed by atoms with Crippen molar-refractivity contribution in [2.45, 2.75) is 10.4 Å². The largest absolute Gasteiger partial charge is 0.480 e. The van der Waals surface area contributed by atoms with Gasteiger partial charge >= 0.3 is 5.97 Å². The highest BCUT2D eigenvalue weighted by Crippen LogP contribution is 2.37. The van der Waals surface area contributed by atoms with Crippen molar-refractivity contribution in [2.24, 2.45) is 0 Å². The van der Waals surface area contributed by atoms with Crippen LogP contribution in [-0.2, 0) is 9.13 Å². The molecule has 0 heterocycles. The van der Waals surface area contributed by atoms with Crippen molar-refractivity contribution in [1.29, 1.82) is 0 Å². The van der Waals surface area contributed by atoms with Crippen molar-refractivity contribution in [3.63, 3.8) is 0 Å². The first kappa shape index (κ1) is 16.3. The van der Waals surface area contributed by atoms with E-state index in [0.717, 1.165) is 0 Å². The summed E-state index contributed by atoms with van der Waals surface area (Å²) in [6.07, 6.45) is 0. The lowest BCUT2D eigenvalue weighted by Crippen LogP contribution is -2.50. The summed E-state index contributed by atoms with van der Waals surface area (Å²) in [6, 6.07) is 15.1. The van der Waals surface area contributed by atoms with E-state index in [0.29, 0.717) is 11.1 Å². The minimum atomic E-state index is -1.79. The van der Waals surface area contributed by atoms with Crippen molar-refractivity contribution >= 4 is 35.1 Å². The molecule has 2 aromatic rings. The van der Waals surface area contributed by atoms with Gasteiger partial charge in [0.2, 0.25) is 0 Å². The summed E-state index contributed by atoms with van der Waals surface area (Å²) in [5.41, 5.74) is 0.713. The van der Waals surface area contributed by atoms with Gasteiger partial charge in [0, 0.05) is 5.56 Å². The molecule has 0 saturated carbocycles. The zero-order chi connectivity index (χ0) is 16.2. The van der Waals surface area contributed by atoms with Crippen LogP contribution in [0.5, 0.6) is 0 Å². The monoisotopic (exact) mass is 337 g/mol. The maximum absolute atomic E-state index is 12.1. The van der Waals surface area contributed by atoms with Crippen LogP contribution in [0.15, 0.2) is 60.7 Å². The summed E-state index contributed by atoms with van der Waals surface area (Å²) in [6.45, 7) is 0. The van der Waals surface area contributed by atoms with Crippen LogP contribution in [0.3, 0.4) is 0 Å². The van der Waals surface area contributed by atoms with Crippen LogP contribution in [0.25, 0.3) is 0 Å². The number of halogens is 2. The molecule has 1 atom stereocenters. The van der Waals surface area contributed by atoms with Gasteiger partial charge in [0.1, 0.15) is 0 Å². The smallest absolute Gasteiger partial charge is 0.329 e. The van der Waals surface area contributed by atoms with Gasteiger partial charge in [-0.15, -0.1) is 0 Å². The highest BCUT2D eigenvalue weighted by atomic mass is 35.5. The molecular weight excluding hydrogens is 325 g/mol. The molecule has 1 amide bonds. The van der Waals surface area contributed by atoms with E-state index in [1.165, 1.54) is 0 Å². The van der Waals surface area contributed by atoms with Gasteiger partial charge in [-0.2, -0.15) is 0 Å². The van der Waals surface area contributed by atoms with Crippen LogP contribution in [0.4, 0.5) is 0 Å². The normalized spacial score (nSPS) is 12.5. The van der Waals surface area contributed by atoms with Crippen LogP contribution in [0, 0.1) is 0 Å². The fourth-order valence-electron chi connectivity index (χ4n) is 1.94. The lowest BCUT2D eigenvalue weighted by atomic mass is 10.0. The molecule has 0 bridgehead atoms. The lowest BCUT2D eigenvalue weighted by Gasteiger charge is -2.28. The number of carboxylic acids is 1. The summed E-state index contributed by atoms with van der Waals surface area (Å²) in [7, 11) is 0. The van der Waals surface area contributed by atoms with Crippen LogP contribution >= 0.6 is 23.2 Å². The maximum Gasteiger partial charge on any atom is 0.329 e. The fraction of sp³-hybridized carbons (Fsp3) is 0.125. The lowest BCUT2D eigenvalue weighted by molar-refractivity contribution is -0.139. The number of amides is 1. The molecule has 4 nitrogen and oxygen atoms in total. The standard InChI is InChI=1S/C16H13Cl2NO3/c17-16(18,12-9-5-2-6-10-12)13(15(21)22)19-14(20)11-7-3-1-4-8-11/h1-10,13H,(H,19,20)(H,21,22). The van der Waals surface area contributed by atoms with Gasteiger partial charge in [-0.3, -0.25) is 4.79 Å². The molecule has 0 aliphatic heterocycles. The van der Waals surface area contributed by atoms with Crippen LogP contribution in [0.2, 0.25) is 0 Å². The molecule has 2 N–H and O–H groups in total. The second-order valence-electron chi connectivity index (χ2n) is 4.60. The van der Waals surface area contributed by atoms with E-state index >= 15 is 0 Å². The molecule has 0 radical (unpaired) electrons. The average Bonchev–Trinajstić information content (AvgIpc) is 2.53. The minimum absolute atomic E-state index is 0.325. The van der Waals surface area contributed by atoms with Gasteiger partial charge in [-0.1, -0.05) is 71.7 Å². The number of benzene rings is 2. The molecule has 0 aliphatic rings. The Morgan fingerprint density at radius 3 is 1.95 bits per heavy atom. The van der Waals surface area contributed by atoms with Gasteiger partial charge in [0.15, 0.2) is 10.4 Å². The predicted molar refractivity (Wildman–Crippen MR) is 85.2 cm³/mol. The van der Waals surface area contributed by atoms with E-state index in [9.17, 15) is 14.7 Å². The molecule has 1 unspecified atom stereocenters. The van der Waals surface area contributed by atoms with Gasteiger partial charge in [0.05, 0.1) is 0 Å². The molecular formula is C16H13Cl2NO3. The quantitative estimate of drug-likeness (QED) is 0.823. The van der Waals surface area contributed by atoms with Crippen molar-refractivity contribution in [3.8, 4) is 0 Å². The Bertz CT molecular complexity index is 660. The first-order valence-electron chi connectivity index (χ1n) is 6.45. The van der Waals surface area contributed by atoms with Crippen molar-refractivity contribution in [3.05, 3.63) is 71.8 Å². The topological polar surface area (TPSA) is 66.4 Å². The summed E-state index contributed by atoms with van der Waals surface area (Å²) in [4.78, 5) is 23.6. The third-order valence-electron chi connectivity index (χ3n) is 3.08. The summed E-state index contributed by atoms with van der Waals surface area (Å²) in [5, 5.41) is 11.8. The highest BCUT2D eigenvalue weighted by Gasteiger charge is 2.43. The predicted octanol–water partition coefficient (Wildman–Crippen LogP) is 3.20. The van der Waals surface area contributed by atoms with E-state index in [1.54, 1.807) is 60.7 Å². The molecule has 0 aliphatic carbocycles. The molecule has 0 saturated heterocycles. The molecule has 2 rings (SSSR count).